The summed E-state index contributed by atoms with van der Waals surface area (Å²) in [4.78, 5) is 6.72. The number of nitrogens with zero attached hydrogens (tertiary/aromatic N) is 1. The number of rotatable bonds is 0. The van der Waals surface area contributed by atoms with Gasteiger partial charge in [0.05, 0.1) is 0 Å². The van der Waals surface area contributed by atoms with Gasteiger partial charge in [-0.15, -0.1) is 12.4 Å². The molecular formula is C7H7ClN2O. The Morgan fingerprint density at radius 2 is 2.09 bits per heavy atom. The zero-order chi connectivity index (χ0) is 6.97. The van der Waals surface area contributed by atoms with Crippen molar-refractivity contribution in [2.24, 2.45) is 0 Å². The van der Waals surface area contributed by atoms with E-state index in [4.69, 9.17) is 5.11 Å². The number of H-pyrrole nitrogens is 1. The molecule has 0 aliphatic carbocycles. The molecule has 2 N–H and O–H groups in total. The maximum Gasteiger partial charge on any atom is 0.212 e. The number of hydrogen-bond acceptors (Lipinski definition) is 2. The minimum absolute atomic E-state index is 0. The van der Waals surface area contributed by atoms with Crippen molar-refractivity contribution in [3.63, 3.8) is 0 Å². The average molecular weight is 171 g/mol. The lowest BCUT2D eigenvalue weighted by Gasteiger charge is -1.88. The molecule has 2 aromatic rings. The summed E-state index contributed by atoms with van der Waals surface area (Å²) in [5.74, 6) is 0.0509. The Morgan fingerprint density at radius 1 is 1.27 bits per heavy atom. The van der Waals surface area contributed by atoms with Crippen LogP contribution in [0.3, 0.4) is 0 Å². The quantitative estimate of drug-likeness (QED) is 0.632. The molecule has 0 atom stereocenters. The van der Waals surface area contributed by atoms with E-state index < -0.39 is 0 Å². The van der Waals surface area contributed by atoms with Gasteiger partial charge in [0, 0.05) is 17.6 Å². The summed E-state index contributed by atoms with van der Waals surface area (Å²) in [5, 5.41) is 9.93. The number of hydrogen-bond donors (Lipinski definition) is 2. The maximum atomic E-state index is 8.92. The summed E-state index contributed by atoms with van der Waals surface area (Å²) in [6, 6.07) is 5.28. The number of nitrogens with one attached hydrogen (secondary N) is 1. The molecular weight excluding hydrogens is 164 g/mol. The van der Waals surface area contributed by atoms with Crippen molar-refractivity contribution < 1.29 is 5.11 Å². The van der Waals surface area contributed by atoms with Crippen molar-refractivity contribution in [1.29, 1.82) is 0 Å². The highest BCUT2D eigenvalue weighted by atomic mass is 35.5. The van der Waals surface area contributed by atoms with E-state index in [0.717, 1.165) is 11.0 Å². The molecule has 0 aliphatic heterocycles. The summed E-state index contributed by atoms with van der Waals surface area (Å²) >= 11 is 0. The van der Waals surface area contributed by atoms with Gasteiger partial charge in [-0.05, 0) is 12.1 Å². The van der Waals surface area contributed by atoms with Crippen molar-refractivity contribution in [3.8, 4) is 5.88 Å². The number of aromatic nitrogens is 2. The smallest absolute Gasteiger partial charge is 0.212 e. The van der Waals surface area contributed by atoms with Crippen LogP contribution in [0.2, 0.25) is 0 Å². The first kappa shape index (κ1) is 7.88. The number of aromatic amines is 1. The fraction of sp³-hybridized carbons (Fsp3) is 0. The lowest BCUT2D eigenvalue weighted by Crippen LogP contribution is -1.74. The van der Waals surface area contributed by atoms with Crippen LogP contribution in [0.25, 0.3) is 11.0 Å². The summed E-state index contributed by atoms with van der Waals surface area (Å²) in [5.41, 5.74) is 0.722. The van der Waals surface area contributed by atoms with Gasteiger partial charge in [0.1, 0.15) is 5.65 Å². The van der Waals surface area contributed by atoms with Crippen molar-refractivity contribution in [2.45, 2.75) is 0 Å². The molecule has 0 amide bonds. The lowest BCUT2D eigenvalue weighted by atomic mass is 10.3. The third kappa shape index (κ3) is 1.28. The normalized spacial score (nSPS) is 9.45. The minimum atomic E-state index is 0. The van der Waals surface area contributed by atoms with E-state index in [1.807, 2.05) is 12.1 Å². The Kier molecular flexibility index (Phi) is 2.01. The Balaban J connectivity index is 0.000000605. The van der Waals surface area contributed by atoms with Gasteiger partial charge in [-0.2, -0.15) is 4.98 Å². The van der Waals surface area contributed by atoms with Gasteiger partial charge in [-0.3, -0.25) is 0 Å². The van der Waals surface area contributed by atoms with Crippen LogP contribution in [0.4, 0.5) is 0 Å². The highest BCUT2D eigenvalue weighted by Gasteiger charge is 1.94. The van der Waals surface area contributed by atoms with E-state index in [9.17, 15) is 0 Å². The molecule has 0 spiro atoms. The van der Waals surface area contributed by atoms with Crippen molar-refractivity contribution in [2.75, 3.05) is 0 Å². The van der Waals surface area contributed by atoms with Crippen LogP contribution >= 0.6 is 12.4 Å². The van der Waals surface area contributed by atoms with E-state index in [-0.39, 0.29) is 18.3 Å². The molecule has 2 rings (SSSR count). The predicted molar refractivity (Wildman–Crippen MR) is 45.0 cm³/mol. The van der Waals surface area contributed by atoms with Crippen LogP contribution < -0.4 is 0 Å². The second kappa shape index (κ2) is 2.80. The summed E-state index contributed by atoms with van der Waals surface area (Å²) in [7, 11) is 0. The number of aromatic hydroxyl groups is 1. The minimum Gasteiger partial charge on any atom is -0.493 e. The first-order chi connectivity index (χ1) is 4.86. The van der Waals surface area contributed by atoms with Crippen molar-refractivity contribution in [1.82, 2.24) is 9.97 Å². The second-order valence-corrected chi connectivity index (χ2v) is 2.08. The van der Waals surface area contributed by atoms with E-state index in [1.54, 1.807) is 12.3 Å². The molecule has 2 aromatic heterocycles. The zero-order valence-corrected chi connectivity index (χ0v) is 6.43. The first-order valence-corrected chi connectivity index (χ1v) is 2.99. The third-order valence-corrected chi connectivity index (χ3v) is 1.39. The van der Waals surface area contributed by atoms with Gasteiger partial charge in [0.15, 0.2) is 0 Å². The van der Waals surface area contributed by atoms with Gasteiger partial charge >= 0.3 is 0 Å². The lowest BCUT2D eigenvalue weighted by molar-refractivity contribution is 0.455. The van der Waals surface area contributed by atoms with E-state index in [1.165, 1.54) is 0 Å². The molecule has 4 heteroatoms. The molecule has 0 bridgehead atoms. The molecule has 11 heavy (non-hydrogen) atoms. The molecule has 58 valence electrons. The molecule has 0 fully saturated rings. The van der Waals surface area contributed by atoms with Gasteiger partial charge in [0.2, 0.25) is 5.88 Å². The SMILES string of the molecule is Cl.Oc1ccc2cc[nH]c2n1. The van der Waals surface area contributed by atoms with Gasteiger partial charge in [-0.25, -0.2) is 0 Å². The molecule has 2 heterocycles. The number of fused-ring (bicyclic) bond motifs is 1. The molecule has 0 aliphatic rings. The largest absolute Gasteiger partial charge is 0.493 e. The molecule has 0 aromatic carbocycles. The standard InChI is InChI=1S/C7H6N2O.ClH/c10-6-2-1-5-3-4-8-7(5)9-6;/h1-4H,(H2,8,9,10);1H. The maximum absolute atomic E-state index is 8.92. The highest BCUT2D eigenvalue weighted by molar-refractivity contribution is 5.85. The van der Waals surface area contributed by atoms with Gasteiger partial charge in [0.25, 0.3) is 0 Å². The molecule has 0 saturated heterocycles. The van der Waals surface area contributed by atoms with Crippen molar-refractivity contribution >= 4 is 23.4 Å². The monoisotopic (exact) mass is 170 g/mol. The van der Waals surface area contributed by atoms with Crippen LogP contribution in [0.5, 0.6) is 5.88 Å². The van der Waals surface area contributed by atoms with Gasteiger partial charge < -0.3 is 10.1 Å². The van der Waals surface area contributed by atoms with E-state index >= 15 is 0 Å². The van der Waals surface area contributed by atoms with Crippen LogP contribution in [0, 0.1) is 0 Å². The predicted octanol–water partition coefficient (Wildman–Crippen LogP) is 1.69. The number of halogens is 1. The highest BCUT2D eigenvalue weighted by Crippen LogP contribution is 2.12. The van der Waals surface area contributed by atoms with Crippen LogP contribution in [-0.2, 0) is 0 Å². The van der Waals surface area contributed by atoms with Crippen molar-refractivity contribution in [3.05, 3.63) is 24.4 Å². The van der Waals surface area contributed by atoms with Crippen LogP contribution in [0.15, 0.2) is 24.4 Å². The second-order valence-electron chi connectivity index (χ2n) is 2.08. The van der Waals surface area contributed by atoms with E-state index in [0.29, 0.717) is 0 Å². The Hall–Kier alpha value is -1.22. The summed E-state index contributed by atoms with van der Waals surface area (Å²) < 4.78 is 0. The average Bonchev–Trinajstić information content (AvgIpc) is 2.33. The Labute approximate surface area is 69.5 Å². The Morgan fingerprint density at radius 3 is 2.91 bits per heavy atom. The topological polar surface area (TPSA) is 48.9 Å². The summed E-state index contributed by atoms with van der Waals surface area (Å²) in [6.07, 6.45) is 1.79. The first-order valence-electron chi connectivity index (χ1n) is 2.99. The fourth-order valence-electron chi connectivity index (χ4n) is 0.920. The molecule has 0 unspecified atom stereocenters. The van der Waals surface area contributed by atoms with Crippen LogP contribution in [-0.4, -0.2) is 15.1 Å². The third-order valence-electron chi connectivity index (χ3n) is 1.39. The number of pyridine rings is 1. The molecule has 0 saturated carbocycles. The van der Waals surface area contributed by atoms with Crippen LogP contribution in [0.1, 0.15) is 0 Å². The Bertz CT molecular complexity index is 358. The summed E-state index contributed by atoms with van der Waals surface area (Å²) in [6.45, 7) is 0. The molecule has 3 nitrogen and oxygen atoms in total. The molecule has 0 radical (unpaired) electrons. The van der Waals surface area contributed by atoms with E-state index in [2.05, 4.69) is 9.97 Å². The zero-order valence-electron chi connectivity index (χ0n) is 5.61. The fourth-order valence-corrected chi connectivity index (χ4v) is 0.920. The van der Waals surface area contributed by atoms with Gasteiger partial charge in [-0.1, -0.05) is 0 Å².